The van der Waals surface area contributed by atoms with Crippen LogP contribution in [0.4, 0.5) is 17.5 Å². The minimum atomic E-state index is -4.21. The van der Waals surface area contributed by atoms with Crippen LogP contribution in [-0.4, -0.2) is 32.9 Å². The normalized spacial score (nSPS) is 11.5. The maximum Gasteiger partial charge on any atom is 0.294 e. The van der Waals surface area contributed by atoms with Gasteiger partial charge in [-0.05, 0) is 24.3 Å². The Morgan fingerprint density at radius 2 is 1.79 bits per heavy atom. The zero-order chi connectivity index (χ0) is 17.3. The van der Waals surface area contributed by atoms with Crippen LogP contribution in [0.5, 0.6) is 0 Å². The second kappa shape index (κ2) is 5.86. The molecule has 0 aliphatic carbocycles. The number of nitrogens with one attached hydrogen (secondary N) is 1. The van der Waals surface area contributed by atoms with Crippen molar-refractivity contribution in [2.75, 3.05) is 16.8 Å². The molecule has 2 heterocycles. The predicted molar refractivity (Wildman–Crippen MR) is 87.5 cm³/mol. The van der Waals surface area contributed by atoms with E-state index < -0.39 is 10.1 Å². The van der Waals surface area contributed by atoms with Crippen LogP contribution in [0.2, 0.25) is 0 Å². The van der Waals surface area contributed by atoms with Crippen LogP contribution in [0.25, 0.3) is 11.2 Å². The van der Waals surface area contributed by atoms with Crippen molar-refractivity contribution in [3.05, 3.63) is 36.2 Å². The number of anilines is 3. The van der Waals surface area contributed by atoms with Crippen molar-refractivity contribution >= 4 is 38.7 Å². The molecule has 24 heavy (non-hydrogen) atoms. The molecule has 124 valence electrons. The molecule has 1 aromatic carbocycles. The van der Waals surface area contributed by atoms with Gasteiger partial charge in [0, 0.05) is 5.69 Å². The summed E-state index contributed by atoms with van der Waals surface area (Å²) in [7, 11) is -4.21. The molecule has 0 saturated heterocycles. The second-order valence-electron chi connectivity index (χ2n) is 4.85. The van der Waals surface area contributed by atoms with Gasteiger partial charge in [0.25, 0.3) is 10.1 Å². The molecule has 0 saturated carbocycles. The van der Waals surface area contributed by atoms with Crippen LogP contribution >= 0.6 is 0 Å². The number of aromatic nitrogens is 4. The van der Waals surface area contributed by atoms with E-state index in [-0.39, 0.29) is 16.7 Å². The molecule has 3 rings (SSSR count). The van der Waals surface area contributed by atoms with Gasteiger partial charge in [0.15, 0.2) is 17.0 Å². The van der Waals surface area contributed by atoms with E-state index in [4.69, 9.17) is 16.0 Å². The Balaban J connectivity index is 1.78. The first-order valence-electron chi connectivity index (χ1n) is 6.69. The van der Waals surface area contributed by atoms with Gasteiger partial charge in [-0.25, -0.2) is 9.97 Å². The number of nitrogen functional groups attached to an aromatic ring is 2. The molecular weight excluding hydrogens is 334 g/mol. The average Bonchev–Trinajstić information content (AvgIpc) is 2.52. The lowest BCUT2D eigenvalue weighted by atomic mass is 10.3. The minimum absolute atomic E-state index is 0.0269. The molecule has 10 nitrogen and oxygen atoms in total. The molecule has 0 spiro atoms. The van der Waals surface area contributed by atoms with Gasteiger partial charge in [-0.15, -0.1) is 0 Å². The van der Waals surface area contributed by atoms with Crippen LogP contribution in [0, 0.1) is 0 Å². The second-order valence-corrected chi connectivity index (χ2v) is 6.28. The summed E-state index contributed by atoms with van der Waals surface area (Å²) in [5, 5.41) is 3.05. The summed E-state index contributed by atoms with van der Waals surface area (Å²) in [6.45, 7) is 0.317. The molecule has 0 atom stereocenters. The first-order chi connectivity index (χ1) is 11.3. The fourth-order valence-electron chi connectivity index (χ4n) is 2.01. The Bertz CT molecular complexity index is 1010. The maximum absolute atomic E-state index is 11.0. The van der Waals surface area contributed by atoms with Gasteiger partial charge in [0.2, 0.25) is 5.95 Å². The number of hydrogen-bond acceptors (Lipinski definition) is 9. The Kier molecular flexibility index (Phi) is 3.87. The van der Waals surface area contributed by atoms with Crippen molar-refractivity contribution < 1.29 is 13.0 Å². The minimum Gasteiger partial charge on any atom is -0.382 e. The van der Waals surface area contributed by atoms with Crippen molar-refractivity contribution in [2.45, 2.75) is 11.4 Å². The van der Waals surface area contributed by atoms with Gasteiger partial charge in [-0.2, -0.15) is 18.4 Å². The highest BCUT2D eigenvalue weighted by atomic mass is 32.2. The summed E-state index contributed by atoms with van der Waals surface area (Å²) in [4.78, 5) is 16.1. The Hall–Kier alpha value is -3.05. The smallest absolute Gasteiger partial charge is 0.294 e. The van der Waals surface area contributed by atoms with E-state index in [1.807, 2.05) is 0 Å². The van der Waals surface area contributed by atoms with Crippen LogP contribution in [0.3, 0.4) is 0 Å². The number of rotatable bonds is 4. The molecule has 6 N–H and O–H groups in total. The van der Waals surface area contributed by atoms with E-state index in [0.29, 0.717) is 29.1 Å². The molecule has 0 amide bonds. The van der Waals surface area contributed by atoms with Crippen LogP contribution in [-0.2, 0) is 16.7 Å². The van der Waals surface area contributed by atoms with Crippen molar-refractivity contribution in [2.24, 2.45) is 0 Å². The molecule has 0 aliphatic rings. The summed E-state index contributed by atoms with van der Waals surface area (Å²) in [5.74, 6) is 0.170. The van der Waals surface area contributed by atoms with Crippen LogP contribution < -0.4 is 16.8 Å². The SMILES string of the molecule is Nc1nc(N)c2nc(CNc3ccc(S(=O)(=O)O)cc3)cnc2n1. The van der Waals surface area contributed by atoms with Gasteiger partial charge in [-0.3, -0.25) is 4.55 Å². The summed E-state index contributed by atoms with van der Waals surface area (Å²) in [5.41, 5.74) is 13.1. The third kappa shape index (κ3) is 3.31. The molecule has 2 aromatic heterocycles. The number of fused-ring (bicyclic) bond motifs is 1. The molecular formula is C13H13N7O3S. The molecule has 0 fully saturated rings. The highest BCUT2D eigenvalue weighted by molar-refractivity contribution is 7.85. The Labute approximate surface area is 136 Å². The lowest BCUT2D eigenvalue weighted by molar-refractivity contribution is 0.483. The summed E-state index contributed by atoms with van der Waals surface area (Å²) in [6, 6.07) is 5.63. The first-order valence-corrected chi connectivity index (χ1v) is 8.13. The Morgan fingerprint density at radius 3 is 2.46 bits per heavy atom. The number of benzene rings is 1. The molecule has 0 bridgehead atoms. The Morgan fingerprint density at radius 1 is 1.08 bits per heavy atom. The topological polar surface area (TPSA) is 170 Å². The first kappa shape index (κ1) is 15.8. The van der Waals surface area contributed by atoms with Crippen LogP contribution in [0.1, 0.15) is 5.69 Å². The van der Waals surface area contributed by atoms with E-state index in [2.05, 4.69) is 25.3 Å². The van der Waals surface area contributed by atoms with Gasteiger partial charge in [0.1, 0.15) is 0 Å². The van der Waals surface area contributed by atoms with E-state index in [9.17, 15) is 8.42 Å². The average molecular weight is 347 g/mol. The maximum atomic E-state index is 11.0. The number of hydrogen-bond donors (Lipinski definition) is 4. The molecule has 3 aromatic rings. The highest BCUT2D eigenvalue weighted by Crippen LogP contribution is 2.16. The third-order valence-corrected chi connectivity index (χ3v) is 3.99. The molecule has 0 radical (unpaired) electrons. The summed E-state index contributed by atoms with van der Waals surface area (Å²) < 4.78 is 30.9. The largest absolute Gasteiger partial charge is 0.382 e. The van der Waals surface area contributed by atoms with E-state index in [0.717, 1.165) is 0 Å². The van der Waals surface area contributed by atoms with E-state index in [1.54, 1.807) is 0 Å². The van der Waals surface area contributed by atoms with Gasteiger partial charge in [0.05, 0.1) is 23.3 Å². The predicted octanol–water partition coefficient (Wildman–Crippen LogP) is 0.443. The fraction of sp³-hybridized carbons (Fsp3) is 0.0769. The third-order valence-electron chi connectivity index (χ3n) is 3.13. The number of nitrogens with two attached hydrogens (primary N) is 2. The highest BCUT2D eigenvalue weighted by Gasteiger charge is 2.09. The van der Waals surface area contributed by atoms with Crippen molar-refractivity contribution in [1.29, 1.82) is 0 Å². The van der Waals surface area contributed by atoms with Crippen molar-refractivity contribution in [3.8, 4) is 0 Å². The monoisotopic (exact) mass is 347 g/mol. The lowest BCUT2D eigenvalue weighted by Crippen LogP contribution is -2.07. The quantitative estimate of drug-likeness (QED) is 0.485. The standard InChI is InChI=1S/C13H13N7O3S/c14-11-10-12(20-13(15)19-11)17-6-8(18-10)5-16-7-1-3-9(4-2-7)24(21,22)23/h1-4,6,16H,5H2,(H,21,22,23)(H4,14,15,17,19,20). The zero-order valence-corrected chi connectivity index (χ0v) is 13.0. The summed E-state index contributed by atoms with van der Waals surface area (Å²) in [6.07, 6.45) is 1.52. The van der Waals surface area contributed by atoms with E-state index in [1.165, 1.54) is 30.5 Å². The zero-order valence-electron chi connectivity index (χ0n) is 12.2. The van der Waals surface area contributed by atoms with Crippen LogP contribution in [0.15, 0.2) is 35.4 Å². The lowest BCUT2D eigenvalue weighted by Gasteiger charge is -2.07. The van der Waals surface area contributed by atoms with Gasteiger partial charge in [-0.1, -0.05) is 0 Å². The molecule has 0 unspecified atom stereocenters. The fourth-order valence-corrected chi connectivity index (χ4v) is 2.49. The molecule has 0 aliphatic heterocycles. The number of nitrogens with zero attached hydrogens (tertiary/aromatic N) is 4. The van der Waals surface area contributed by atoms with Gasteiger partial charge >= 0.3 is 0 Å². The van der Waals surface area contributed by atoms with Crippen molar-refractivity contribution in [1.82, 2.24) is 19.9 Å². The summed E-state index contributed by atoms with van der Waals surface area (Å²) >= 11 is 0. The van der Waals surface area contributed by atoms with E-state index >= 15 is 0 Å². The van der Waals surface area contributed by atoms with Gasteiger partial charge < -0.3 is 16.8 Å². The van der Waals surface area contributed by atoms with Crippen molar-refractivity contribution in [3.63, 3.8) is 0 Å². The molecule has 11 heteroatoms.